The molecule has 1 N–H and O–H groups in total. The Hall–Kier alpha value is -1.59. The second kappa shape index (κ2) is 6.24. The minimum atomic E-state index is -0.462. The van der Waals surface area contributed by atoms with Gasteiger partial charge in [-0.15, -0.1) is 0 Å². The standard InChI is InChI=1S/C15H20N2O2S/c1-10-14(11(2)18)20-15(16-10)17(3)9-12-5-7-13(19-4)8-6-12/h5-8,11,18H,9H2,1-4H3. The molecule has 0 aliphatic rings. The quantitative estimate of drug-likeness (QED) is 0.919. The highest BCUT2D eigenvalue weighted by atomic mass is 32.1. The van der Waals surface area contributed by atoms with Crippen LogP contribution in [-0.4, -0.2) is 24.2 Å². The van der Waals surface area contributed by atoms with E-state index in [9.17, 15) is 5.11 Å². The molecule has 108 valence electrons. The van der Waals surface area contributed by atoms with Crippen LogP contribution in [0.15, 0.2) is 24.3 Å². The fourth-order valence-electron chi connectivity index (χ4n) is 2.02. The minimum Gasteiger partial charge on any atom is -0.497 e. The van der Waals surface area contributed by atoms with E-state index in [4.69, 9.17) is 4.74 Å². The van der Waals surface area contributed by atoms with Crippen molar-refractivity contribution < 1.29 is 9.84 Å². The van der Waals surface area contributed by atoms with E-state index >= 15 is 0 Å². The predicted octanol–water partition coefficient (Wildman–Crippen LogP) is 3.15. The van der Waals surface area contributed by atoms with Crippen molar-refractivity contribution in [1.29, 1.82) is 0 Å². The maximum atomic E-state index is 9.69. The molecule has 5 heteroatoms. The second-order valence-corrected chi connectivity index (χ2v) is 5.84. The van der Waals surface area contributed by atoms with Crippen molar-refractivity contribution in [2.24, 2.45) is 0 Å². The van der Waals surface area contributed by atoms with Crippen LogP contribution in [0.3, 0.4) is 0 Å². The molecular weight excluding hydrogens is 272 g/mol. The number of benzene rings is 1. The third-order valence-electron chi connectivity index (χ3n) is 3.11. The monoisotopic (exact) mass is 292 g/mol. The zero-order valence-corrected chi connectivity index (χ0v) is 13.1. The lowest BCUT2D eigenvalue weighted by atomic mass is 10.2. The van der Waals surface area contributed by atoms with E-state index in [1.807, 2.05) is 38.2 Å². The highest BCUT2D eigenvalue weighted by Gasteiger charge is 2.14. The number of nitrogens with zero attached hydrogens (tertiary/aromatic N) is 2. The Morgan fingerprint density at radius 3 is 2.50 bits per heavy atom. The number of aromatic nitrogens is 1. The van der Waals surface area contributed by atoms with Crippen LogP contribution in [0.25, 0.3) is 0 Å². The van der Waals surface area contributed by atoms with Gasteiger partial charge in [0.05, 0.1) is 23.8 Å². The molecule has 2 rings (SSSR count). The summed E-state index contributed by atoms with van der Waals surface area (Å²) in [5.74, 6) is 0.859. The summed E-state index contributed by atoms with van der Waals surface area (Å²) in [5, 5.41) is 10.6. The van der Waals surface area contributed by atoms with Gasteiger partial charge in [0.2, 0.25) is 0 Å². The van der Waals surface area contributed by atoms with Crippen LogP contribution in [0, 0.1) is 6.92 Å². The number of thiazole rings is 1. The van der Waals surface area contributed by atoms with E-state index in [2.05, 4.69) is 9.88 Å². The van der Waals surface area contributed by atoms with Gasteiger partial charge in [0.25, 0.3) is 0 Å². The van der Waals surface area contributed by atoms with Crippen LogP contribution in [-0.2, 0) is 6.54 Å². The van der Waals surface area contributed by atoms with Crippen molar-refractivity contribution in [3.63, 3.8) is 0 Å². The highest BCUT2D eigenvalue weighted by Crippen LogP contribution is 2.30. The van der Waals surface area contributed by atoms with Gasteiger partial charge in [0.15, 0.2) is 5.13 Å². The maximum Gasteiger partial charge on any atom is 0.185 e. The summed E-state index contributed by atoms with van der Waals surface area (Å²) in [6.45, 7) is 4.48. The van der Waals surface area contributed by atoms with Gasteiger partial charge in [0, 0.05) is 13.6 Å². The lowest BCUT2D eigenvalue weighted by molar-refractivity contribution is 0.202. The number of aliphatic hydroxyl groups is 1. The summed E-state index contributed by atoms with van der Waals surface area (Å²) < 4.78 is 5.15. The molecule has 4 nitrogen and oxygen atoms in total. The predicted molar refractivity (Wildman–Crippen MR) is 82.6 cm³/mol. The number of aliphatic hydroxyl groups excluding tert-OH is 1. The topological polar surface area (TPSA) is 45.6 Å². The molecule has 1 aromatic carbocycles. The Kier molecular flexibility index (Phi) is 4.62. The molecule has 0 fully saturated rings. The lowest BCUT2D eigenvalue weighted by Crippen LogP contribution is -2.15. The van der Waals surface area contributed by atoms with Crippen molar-refractivity contribution in [3.8, 4) is 5.75 Å². The second-order valence-electron chi connectivity index (χ2n) is 4.83. The molecule has 0 saturated heterocycles. The molecule has 2 aromatic rings. The van der Waals surface area contributed by atoms with Crippen molar-refractivity contribution in [2.75, 3.05) is 19.1 Å². The summed E-state index contributed by atoms with van der Waals surface area (Å²) >= 11 is 1.54. The number of rotatable bonds is 5. The lowest BCUT2D eigenvalue weighted by Gasteiger charge is -2.16. The zero-order chi connectivity index (χ0) is 14.7. The van der Waals surface area contributed by atoms with Crippen LogP contribution < -0.4 is 9.64 Å². The highest BCUT2D eigenvalue weighted by molar-refractivity contribution is 7.15. The van der Waals surface area contributed by atoms with E-state index in [0.717, 1.165) is 28.0 Å². The number of methoxy groups -OCH3 is 1. The minimum absolute atomic E-state index is 0.462. The van der Waals surface area contributed by atoms with E-state index < -0.39 is 6.10 Å². The largest absolute Gasteiger partial charge is 0.497 e. The number of anilines is 1. The van der Waals surface area contributed by atoms with E-state index in [0.29, 0.717) is 0 Å². The van der Waals surface area contributed by atoms with E-state index in [-0.39, 0.29) is 0 Å². The average Bonchev–Trinajstić information content (AvgIpc) is 2.82. The number of hydrogen-bond donors (Lipinski definition) is 1. The van der Waals surface area contributed by atoms with Gasteiger partial charge in [-0.05, 0) is 31.5 Å². The Bertz CT molecular complexity index is 564. The third kappa shape index (κ3) is 3.29. The molecule has 0 aliphatic carbocycles. The first kappa shape index (κ1) is 14.8. The summed E-state index contributed by atoms with van der Waals surface area (Å²) in [7, 11) is 3.67. The summed E-state index contributed by atoms with van der Waals surface area (Å²) in [4.78, 5) is 7.54. The van der Waals surface area contributed by atoms with E-state index in [1.165, 1.54) is 5.56 Å². The summed E-state index contributed by atoms with van der Waals surface area (Å²) in [6.07, 6.45) is -0.462. The summed E-state index contributed by atoms with van der Waals surface area (Å²) in [6, 6.07) is 8.01. The van der Waals surface area contributed by atoms with Crippen LogP contribution >= 0.6 is 11.3 Å². The zero-order valence-electron chi connectivity index (χ0n) is 12.3. The molecule has 1 heterocycles. The number of aryl methyl sites for hydroxylation is 1. The van der Waals surface area contributed by atoms with Crippen molar-refractivity contribution in [1.82, 2.24) is 4.98 Å². The van der Waals surface area contributed by atoms with Crippen molar-refractivity contribution >= 4 is 16.5 Å². The first-order valence-electron chi connectivity index (χ1n) is 6.50. The molecule has 0 radical (unpaired) electrons. The molecule has 1 unspecified atom stereocenters. The Labute approximate surface area is 123 Å². The van der Waals surface area contributed by atoms with Gasteiger partial charge < -0.3 is 14.7 Å². The third-order valence-corrected chi connectivity index (χ3v) is 4.55. The van der Waals surface area contributed by atoms with Gasteiger partial charge in [-0.2, -0.15) is 0 Å². The normalized spacial score (nSPS) is 12.2. The number of hydrogen-bond acceptors (Lipinski definition) is 5. The van der Waals surface area contributed by atoms with Crippen LogP contribution in [0.4, 0.5) is 5.13 Å². The van der Waals surface area contributed by atoms with Gasteiger partial charge >= 0.3 is 0 Å². The molecule has 1 aromatic heterocycles. The van der Waals surface area contributed by atoms with Gasteiger partial charge in [-0.1, -0.05) is 23.5 Å². The Balaban J connectivity index is 2.10. The maximum absolute atomic E-state index is 9.69. The molecular formula is C15H20N2O2S. The van der Waals surface area contributed by atoms with Crippen molar-refractivity contribution in [2.45, 2.75) is 26.5 Å². The molecule has 1 atom stereocenters. The smallest absolute Gasteiger partial charge is 0.185 e. The Morgan fingerprint density at radius 2 is 2.00 bits per heavy atom. The first-order valence-corrected chi connectivity index (χ1v) is 7.32. The fraction of sp³-hybridized carbons (Fsp3) is 0.400. The Morgan fingerprint density at radius 1 is 1.35 bits per heavy atom. The van der Waals surface area contributed by atoms with E-state index in [1.54, 1.807) is 25.4 Å². The van der Waals surface area contributed by atoms with Crippen molar-refractivity contribution in [3.05, 3.63) is 40.4 Å². The average molecular weight is 292 g/mol. The SMILES string of the molecule is COc1ccc(CN(C)c2nc(C)c(C(C)O)s2)cc1. The first-order chi connectivity index (χ1) is 9.51. The fourth-order valence-corrected chi connectivity index (χ4v) is 2.98. The molecule has 0 spiro atoms. The molecule has 0 bridgehead atoms. The van der Waals surface area contributed by atoms with Crippen LogP contribution in [0.2, 0.25) is 0 Å². The summed E-state index contributed by atoms with van der Waals surface area (Å²) in [5.41, 5.74) is 2.10. The molecule has 0 saturated carbocycles. The molecule has 0 aliphatic heterocycles. The number of ether oxygens (including phenoxy) is 1. The van der Waals surface area contributed by atoms with Gasteiger partial charge in [-0.3, -0.25) is 0 Å². The van der Waals surface area contributed by atoms with Crippen LogP contribution in [0.5, 0.6) is 5.75 Å². The molecule has 0 amide bonds. The van der Waals surface area contributed by atoms with Gasteiger partial charge in [0.1, 0.15) is 5.75 Å². The molecule has 20 heavy (non-hydrogen) atoms. The van der Waals surface area contributed by atoms with Gasteiger partial charge in [-0.25, -0.2) is 4.98 Å². The van der Waals surface area contributed by atoms with Crippen LogP contribution in [0.1, 0.15) is 29.2 Å².